The van der Waals surface area contributed by atoms with E-state index in [0.29, 0.717) is 11.4 Å². The Kier molecular flexibility index (Phi) is 5.99. The van der Waals surface area contributed by atoms with Crippen molar-refractivity contribution in [2.75, 3.05) is 13.1 Å². The first-order valence-electron chi connectivity index (χ1n) is 11.3. The van der Waals surface area contributed by atoms with Gasteiger partial charge in [-0.25, -0.2) is 14.3 Å². The molecule has 1 aromatic carbocycles. The van der Waals surface area contributed by atoms with Crippen LogP contribution in [0.15, 0.2) is 47.8 Å². The zero-order valence-corrected chi connectivity index (χ0v) is 20.3. The summed E-state index contributed by atoms with van der Waals surface area (Å²) in [6, 6.07) is 10.7. The van der Waals surface area contributed by atoms with Gasteiger partial charge >= 0.3 is 0 Å². The number of ether oxygens (including phenoxy) is 1. The van der Waals surface area contributed by atoms with Crippen LogP contribution in [0.25, 0.3) is 22.6 Å². The molecule has 0 radical (unpaired) electrons. The van der Waals surface area contributed by atoms with Crippen molar-refractivity contribution in [1.29, 1.82) is 0 Å². The van der Waals surface area contributed by atoms with Crippen LogP contribution in [0.2, 0.25) is 0 Å². The molecule has 0 spiro atoms. The fourth-order valence-corrected chi connectivity index (χ4v) is 6.35. The molecule has 33 heavy (non-hydrogen) atoms. The summed E-state index contributed by atoms with van der Waals surface area (Å²) < 4.78 is 12.9. The summed E-state index contributed by atoms with van der Waals surface area (Å²) in [5.74, 6) is 1.38. The Labute approximate surface area is 196 Å². The SMILES string of the molecule is C/C=S(\c1ccccc1)N1CC[C@H](Oc2ncnc3c2nc(-c2cnn(CC)c2C)n3C)C1. The second kappa shape index (κ2) is 9.07. The van der Waals surface area contributed by atoms with Crippen LogP contribution in [0.5, 0.6) is 5.88 Å². The van der Waals surface area contributed by atoms with Crippen LogP contribution in [-0.2, 0) is 13.6 Å². The van der Waals surface area contributed by atoms with E-state index < -0.39 is 0 Å². The first-order chi connectivity index (χ1) is 16.1. The van der Waals surface area contributed by atoms with Crippen LogP contribution >= 0.6 is 10.7 Å². The number of hydrogen-bond donors (Lipinski definition) is 0. The Morgan fingerprint density at radius 3 is 2.76 bits per heavy atom. The Hall–Kier alpha value is -3.04. The number of aryl methyl sites for hydroxylation is 2. The van der Waals surface area contributed by atoms with Crippen molar-refractivity contribution >= 4 is 27.2 Å². The van der Waals surface area contributed by atoms with Crippen LogP contribution in [0.4, 0.5) is 0 Å². The summed E-state index contributed by atoms with van der Waals surface area (Å²) >= 11 is 0. The first-order valence-corrected chi connectivity index (χ1v) is 12.5. The lowest BCUT2D eigenvalue weighted by atomic mass is 10.2. The Morgan fingerprint density at radius 2 is 2.03 bits per heavy atom. The van der Waals surface area contributed by atoms with E-state index >= 15 is 0 Å². The minimum Gasteiger partial charge on any atom is -0.471 e. The standard InChI is InChI=1S/C24H29N7OS/c1-5-31-17(3)20(14-27-31)22-28-21-23(29(22)4)25-16-26-24(21)32-18-12-13-30(15-18)33(6-2)19-10-8-7-9-11-19/h6-11,14,16,18H,5,12-13,15H2,1-4H3/t18-,33?/m0/s1. The van der Waals surface area contributed by atoms with Gasteiger partial charge < -0.3 is 9.30 Å². The lowest BCUT2D eigenvalue weighted by molar-refractivity contribution is 0.210. The molecule has 0 amide bonds. The van der Waals surface area contributed by atoms with Gasteiger partial charge in [0, 0.05) is 37.3 Å². The van der Waals surface area contributed by atoms with Crippen molar-refractivity contribution in [2.45, 2.75) is 44.7 Å². The first kappa shape index (κ1) is 21.8. The predicted molar refractivity (Wildman–Crippen MR) is 133 cm³/mol. The fourth-order valence-electron chi connectivity index (χ4n) is 4.41. The molecule has 9 heteroatoms. The highest BCUT2D eigenvalue weighted by molar-refractivity contribution is 8.13. The minimum atomic E-state index is -0.0352. The molecule has 3 aromatic heterocycles. The average Bonchev–Trinajstić information content (AvgIpc) is 3.53. The zero-order valence-electron chi connectivity index (χ0n) is 19.5. The largest absolute Gasteiger partial charge is 0.471 e. The van der Waals surface area contributed by atoms with Crippen LogP contribution in [0.3, 0.4) is 0 Å². The zero-order chi connectivity index (χ0) is 22.9. The maximum atomic E-state index is 6.41. The smallest absolute Gasteiger partial charge is 0.245 e. The third-order valence-corrected chi connectivity index (χ3v) is 8.23. The monoisotopic (exact) mass is 463 g/mol. The van der Waals surface area contributed by atoms with Gasteiger partial charge in [-0.05, 0) is 44.7 Å². The van der Waals surface area contributed by atoms with Gasteiger partial charge in [0.25, 0.3) is 0 Å². The molecule has 2 atom stereocenters. The molecule has 1 fully saturated rings. The van der Waals surface area contributed by atoms with Gasteiger partial charge in [-0.2, -0.15) is 10.1 Å². The molecule has 0 N–H and O–H groups in total. The second-order valence-electron chi connectivity index (χ2n) is 8.08. The van der Waals surface area contributed by atoms with Gasteiger partial charge in [0.05, 0.1) is 11.8 Å². The van der Waals surface area contributed by atoms with Crippen LogP contribution in [-0.4, -0.2) is 58.2 Å². The number of rotatable bonds is 6. The van der Waals surface area contributed by atoms with Gasteiger partial charge in [-0.3, -0.25) is 4.68 Å². The van der Waals surface area contributed by atoms with Crippen molar-refractivity contribution in [3.8, 4) is 17.3 Å². The summed E-state index contributed by atoms with van der Waals surface area (Å²) in [5, 5.41) is 6.76. The number of imidazole rings is 1. The third-order valence-electron chi connectivity index (χ3n) is 6.14. The van der Waals surface area contributed by atoms with E-state index in [1.54, 1.807) is 6.33 Å². The molecule has 4 heterocycles. The Bertz CT molecular complexity index is 1310. The molecule has 8 nitrogen and oxygen atoms in total. The maximum absolute atomic E-state index is 6.41. The molecular formula is C24H29N7OS. The number of nitrogens with zero attached hydrogens (tertiary/aromatic N) is 7. The van der Waals surface area contributed by atoms with E-state index in [9.17, 15) is 0 Å². The van der Waals surface area contributed by atoms with Gasteiger partial charge in [-0.15, -0.1) is 0 Å². The number of aromatic nitrogens is 6. The molecule has 0 bridgehead atoms. The van der Waals surface area contributed by atoms with Crippen molar-refractivity contribution in [3.05, 3.63) is 48.5 Å². The minimum absolute atomic E-state index is 0.0352. The molecule has 4 aromatic rings. The van der Waals surface area contributed by atoms with Crippen molar-refractivity contribution in [1.82, 2.24) is 33.6 Å². The number of hydrogen-bond acceptors (Lipinski definition) is 6. The molecule has 172 valence electrons. The molecule has 1 saturated heterocycles. The van der Waals surface area contributed by atoms with Gasteiger partial charge in [0.1, 0.15) is 18.3 Å². The highest BCUT2D eigenvalue weighted by Gasteiger charge is 2.28. The van der Waals surface area contributed by atoms with Crippen LogP contribution < -0.4 is 4.74 Å². The van der Waals surface area contributed by atoms with E-state index in [-0.39, 0.29) is 16.8 Å². The lowest BCUT2D eigenvalue weighted by Crippen LogP contribution is -2.22. The quantitative estimate of drug-likeness (QED) is 0.401. The summed E-state index contributed by atoms with van der Waals surface area (Å²) in [6.07, 6.45) is 4.45. The Morgan fingerprint density at radius 1 is 1.21 bits per heavy atom. The third kappa shape index (κ3) is 3.95. The molecule has 1 aliphatic heterocycles. The number of fused-ring (bicyclic) bond motifs is 1. The van der Waals surface area contributed by atoms with Crippen LogP contribution in [0, 0.1) is 6.92 Å². The summed E-state index contributed by atoms with van der Waals surface area (Å²) in [4.78, 5) is 15.2. The summed E-state index contributed by atoms with van der Waals surface area (Å²) in [6.45, 7) is 8.95. The molecule has 1 unspecified atom stereocenters. The molecule has 1 aliphatic rings. The second-order valence-corrected chi connectivity index (χ2v) is 10.2. The van der Waals surface area contributed by atoms with Crippen molar-refractivity contribution < 1.29 is 4.74 Å². The van der Waals surface area contributed by atoms with Gasteiger partial charge in [-0.1, -0.05) is 28.9 Å². The van der Waals surface area contributed by atoms with Gasteiger partial charge in [0.15, 0.2) is 11.2 Å². The Balaban J connectivity index is 1.40. The molecule has 5 rings (SSSR count). The van der Waals surface area contributed by atoms with E-state index in [1.807, 2.05) is 22.5 Å². The molecule has 0 aliphatic carbocycles. The number of benzene rings is 1. The topological polar surface area (TPSA) is 73.9 Å². The van der Waals surface area contributed by atoms with E-state index in [1.165, 1.54) is 4.90 Å². The van der Waals surface area contributed by atoms with E-state index in [4.69, 9.17) is 9.72 Å². The normalized spacial score (nSPS) is 17.8. The highest BCUT2D eigenvalue weighted by Crippen LogP contribution is 2.35. The summed E-state index contributed by atoms with van der Waals surface area (Å²) in [7, 11) is 1.94. The lowest BCUT2D eigenvalue weighted by Gasteiger charge is -2.21. The van der Waals surface area contributed by atoms with E-state index in [0.717, 1.165) is 48.8 Å². The maximum Gasteiger partial charge on any atom is 0.245 e. The van der Waals surface area contributed by atoms with Crippen LogP contribution in [0.1, 0.15) is 26.0 Å². The van der Waals surface area contributed by atoms with Crippen molar-refractivity contribution in [2.24, 2.45) is 7.05 Å². The highest BCUT2D eigenvalue weighted by atomic mass is 32.2. The van der Waals surface area contributed by atoms with Crippen molar-refractivity contribution in [3.63, 3.8) is 0 Å². The fraction of sp³-hybridized carbons (Fsp3) is 0.375. The van der Waals surface area contributed by atoms with E-state index in [2.05, 4.69) is 75.8 Å². The van der Waals surface area contributed by atoms with Gasteiger partial charge in [0.2, 0.25) is 5.88 Å². The predicted octanol–water partition coefficient (Wildman–Crippen LogP) is 4.07. The summed E-state index contributed by atoms with van der Waals surface area (Å²) in [5.41, 5.74) is 3.54. The molecular weight excluding hydrogens is 434 g/mol. The molecule has 0 saturated carbocycles. The average molecular weight is 464 g/mol.